The van der Waals surface area contributed by atoms with Crippen molar-refractivity contribution in [3.8, 4) is 5.69 Å². The zero-order valence-electron chi connectivity index (χ0n) is 12.7. The van der Waals surface area contributed by atoms with Crippen LogP contribution in [0.4, 0.5) is 0 Å². The molecule has 1 aromatic carbocycles. The highest BCUT2D eigenvalue weighted by Crippen LogP contribution is 2.11. The average Bonchev–Trinajstić information content (AvgIpc) is 2.97. The zero-order chi connectivity index (χ0) is 15.2. The highest BCUT2D eigenvalue weighted by Gasteiger charge is 2.19. The minimum Gasteiger partial charge on any atom is -0.338 e. The summed E-state index contributed by atoms with van der Waals surface area (Å²) in [7, 11) is 3.62. The van der Waals surface area contributed by atoms with Crippen LogP contribution in [0.3, 0.4) is 0 Å². The molecule has 1 amide bonds. The summed E-state index contributed by atoms with van der Waals surface area (Å²) in [5.74, 6) is 0.871. The Bertz CT molecular complexity index is 593. The van der Waals surface area contributed by atoms with Crippen LogP contribution in [0.1, 0.15) is 23.4 Å². The lowest BCUT2D eigenvalue weighted by Crippen LogP contribution is -2.33. The van der Waals surface area contributed by atoms with E-state index in [0.717, 1.165) is 24.5 Å². The van der Waals surface area contributed by atoms with E-state index < -0.39 is 0 Å². The number of benzene rings is 1. The van der Waals surface area contributed by atoms with Crippen molar-refractivity contribution in [1.82, 2.24) is 25.0 Å². The summed E-state index contributed by atoms with van der Waals surface area (Å²) in [5.41, 5.74) is 0.916. The second kappa shape index (κ2) is 6.99. The van der Waals surface area contributed by atoms with E-state index in [0.29, 0.717) is 6.54 Å². The first-order valence-corrected chi connectivity index (χ1v) is 7.08. The van der Waals surface area contributed by atoms with Crippen molar-refractivity contribution in [1.29, 1.82) is 0 Å². The number of hydrogen-bond donors (Lipinski definition) is 1. The Kier molecular flexibility index (Phi) is 5.05. The average molecular weight is 287 g/mol. The molecule has 6 heteroatoms. The summed E-state index contributed by atoms with van der Waals surface area (Å²) >= 11 is 0. The SMILES string of the molecule is CCc1nc(C(=O)N(C)CCNC)nn1-c1ccccc1. The van der Waals surface area contributed by atoms with Crippen molar-refractivity contribution in [2.45, 2.75) is 13.3 Å². The third kappa shape index (κ3) is 3.46. The highest BCUT2D eigenvalue weighted by molar-refractivity contribution is 5.90. The smallest absolute Gasteiger partial charge is 0.293 e. The third-order valence-electron chi connectivity index (χ3n) is 3.23. The number of likely N-dealkylation sites (N-methyl/N-ethyl adjacent to an activating group) is 2. The first kappa shape index (κ1) is 15.2. The summed E-state index contributed by atoms with van der Waals surface area (Å²) in [5, 5.41) is 7.39. The summed E-state index contributed by atoms with van der Waals surface area (Å²) in [6, 6.07) is 9.73. The first-order chi connectivity index (χ1) is 10.2. The molecule has 1 aromatic heterocycles. The van der Waals surface area contributed by atoms with E-state index in [1.54, 1.807) is 16.6 Å². The molecule has 1 heterocycles. The van der Waals surface area contributed by atoms with Crippen molar-refractivity contribution in [2.75, 3.05) is 27.2 Å². The van der Waals surface area contributed by atoms with Crippen LogP contribution in [0.2, 0.25) is 0 Å². The van der Waals surface area contributed by atoms with Gasteiger partial charge in [0.15, 0.2) is 0 Å². The molecule has 0 saturated heterocycles. The van der Waals surface area contributed by atoms with Gasteiger partial charge in [-0.25, -0.2) is 9.67 Å². The van der Waals surface area contributed by atoms with E-state index in [-0.39, 0.29) is 11.7 Å². The van der Waals surface area contributed by atoms with Crippen LogP contribution in [0.15, 0.2) is 30.3 Å². The largest absolute Gasteiger partial charge is 0.338 e. The Morgan fingerprint density at radius 1 is 1.33 bits per heavy atom. The topological polar surface area (TPSA) is 63.1 Å². The lowest BCUT2D eigenvalue weighted by Gasteiger charge is -2.14. The molecule has 0 spiro atoms. The van der Waals surface area contributed by atoms with Crippen LogP contribution >= 0.6 is 0 Å². The molecule has 2 aromatic rings. The van der Waals surface area contributed by atoms with E-state index in [1.165, 1.54) is 0 Å². The Morgan fingerprint density at radius 3 is 2.67 bits per heavy atom. The van der Waals surface area contributed by atoms with E-state index >= 15 is 0 Å². The summed E-state index contributed by atoms with van der Waals surface area (Å²) < 4.78 is 1.74. The maximum atomic E-state index is 12.3. The van der Waals surface area contributed by atoms with Crippen molar-refractivity contribution >= 4 is 5.91 Å². The Balaban J connectivity index is 2.27. The molecule has 6 nitrogen and oxygen atoms in total. The second-order valence-electron chi connectivity index (χ2n) is 4.78. The van der Waals surface area contributed by atoms with Gasteiger partial charge in [0.1, 0.15) is 5.82 Å². The van der Waals surface area contributed by atoms with Crippen molar-refractivity contribution in [2.24, 2.45) is 0 Å². The van der Waals surface area contributed by atoms with Crippen LogP contribution in [0.25, 0.3) is 5.69 Å². The number of amides is 1. The molecule has 1 N–H and O–H groups in total. The van der Waals surface area contributed by atoms with Gasteiger partial charge in [-0.2, -0.15) is 0 Å². The minimum absolute atomic E-state index is 0.158. The number of aromatic nitrogens is 3. The molecule has 21 heavy (non-hydrogen) atoms. The van der Waals surface area contributed by atoms with Gasteiger partial charge in [0, 0.05) is 26.6 Å². The lowest BCUT2D eigenvalue weighted by molar-refractivity contribution is 0.0785. The van der Waals surface area contributed by atoms with Gasteiger partial charge in [0.25, 0.3) is 5.91 Å². The summed E-state index contributed by atoms with van der Waals surface area (Å²) in [6.45, 7) is 3.36. The van der Waals surface area contributed by atoms with Crippen LogP contribution in [0.5, 0.6) is 0 Å². The summed E-state index contributed by atoms with van der Waals surface area (Å²) in [6.07, 6.45) is 0.718. The Hall–Kier alpha value is -2.21. The zero-order valence-corrected chi connectivity index (χ0v) is 12.7. The monoisotopic (exact) mass is 287 g/mol. The fourth-order valence-electron chi connectivity index (χ4n) is 1.99. The predicted molar refractivity (Wildman–Crippen MR) is 81.6 cm³/mol. The van der Waals surface area contributed by atoms with Gasteiger partial charge in [-0.1, -0.05) is 25.1 Å². The maximum absolute atomic E-state index is 12.3. The third-order valence-corrected chi connectivity index (χ3v) is 3.23. The highest BCUT2D eigenvalue weighted by atomic mass is 16.2. The molecule has 0 fully saturated rings. The number of para-hydroxylation sites is 1. The lowest BCUT2D eigenvalue weighted by atomic mass is 10.3. The number of nitrogens with zero attached hydrogens (tertiary/aromatic N) is 4. The van der Waals surface area contributed by atoms with Gasteiger partial charge in [-0.05, 0) is 19.2 Å². The summed E-state index contributed by atoms with van der Waals surface area (Å²) in [4.78, 5) is 18.3. The predicted octanol–water partition coefficient (Wildman–Crippen LogP) is 1.12. The number of hydrogen-bond acceptors (Lipinski definition) is 4. The normalized spacial score (nSPS) is 10.6. The van der Waals surface area contributed by atoms with Crippen molar-refractivity contribution in [3.05, 3.63) is 42.0 Å². The number of nitrogens with one attached hydrogen (secondary N) is 1. The van der Waals surface area contributed by atoms with Crippen LogP contribution < -0.4 is 5.32 Å². The fourth-order valence-corrected chi connectivity index (χ4v) is 1.99. The van der Waals surface area contributed by atoms with E-state index in [1.807, 2.05) is 44.3 Å². The molecular formula is C15H21N5O. The second-order valence-corrected chi connectivity index (χ2v) is 4.78. The van der Waals surface area contributed by atoms with Crippen molar-refractivity contribution < 1.29 is 4.79 Å². The fraction of sp³-hybridized carbons (Fsp3) is 0.400. The molecule has 0 bridgehead atoms. The van der Waals surface area contributed by atoms with Crippen LogP contribution in [-0.4, -0.2) is 52.8 Å². The number of aryl methyl sites for hydroxylation is 1. The quantitative estimate of drug-likeness (QED) is 0.865. The van der Waals surface area contributed by atoms with Crippen molar-refractivity contribution in [3.63, 3.8) is 0 Å². The molecule has 0 aliphatic rings. The Labute approximate surface area is 124 Å². The van der Waals surface area contributed by atoms with Gasteiger partial charge in [0.2, 0.25) is 5.82 Å². The van der Waals surface area contributed by atoms with Gasteiger partial charge in [-0.15, -0.1) is 5.10 Å². The van der Waals surface area contributed by atoms with Gasteiger partial charge < -0.3 is 10.2 Å². The molecule has 0 saturated carbocycles. The maximum Gasteiger partial charge on any atom is 0.293 e. The molecule has 2 rings (SSSR count). The molecule has 0 atom stereocenters. The standard InChI is InChI=1S/C15H21N5O/c1-4-13-17-14(15(21)19(3)11-10-16-2)18-20(13)12-8-6-5-7-9-12/h5-9,16H,4,10-11H2,1-3H3. The molecule has 112 valence electrons. The number of rotatable bonds is 6. The molecular weight excluding hydrogens is 266 g/mol. The van der Waals surface area contributed by atoms with Gasteiger partial charge >= 0.3 is 0 Å². The minimum atomic E-state index is -0.158. The van der Waals surface area contributed by atoms with Crippen LogP contribution in [0, 0.1) is 0 Å². The molecule has 0 aliphatic carbocycles. The van der Waals surface area contributed by atoms with Gasteiger partial charge in [-0.3, -0.25) is 4.79 Å². The van der Waals surface area contributed by atoms with E-state index in [2.05, 4.69) is 15.4 Å². The Morgan fingerprint density at radius 2 is 2.05 bits per heavy atom. The molecule has 0 radical (unpaired) electrons. The van der Waals surface area contributed by atoms with Gasteiger partial charge in [0.05, 0.1) is 5.69 Å². The molecule has 0 unspecified atom stereocenters. The van der Waals surface area contributed by atoms with Crippen LogP contribution in [-0.2, 0) is 6.42 Å². The molecule has 0 aliphatic heterocycles. The number of carbonyl (C=O) groups is 1. The van der Waals surface area contributed by atoms with E-state index in [4.69, 9.17) is 0 Å². The van der Waals surface area contributed by atoms with E-state index in [9.17, 15) is 4.79 Å². The number of carbonyl (C=O) groups excluding carboxylic acids is 1. The first-order valence-electron chi connectivity index (χ1n) is 7.08.